The van der Waals surface area contributed by atoms with E-state index in [-0.39, 0.29) is 12.6 Å². The lowest BCUT2D eigenvalue weighted by Gasteiger charge is -2.33. The first-order valence-electron chi connectivity index (χ1n) is 9.71. The number of aryl methyl sites for hydroxylation is 1. The van der Waals surface area contributed by atoms with Gasteiger partial charge in [-0.2, -0.15) is 0 Å². The number of nitrogens with one attached hydrogen (secondary N) is 1. The summed E-state index contributed by atoms with van der Waals surface area (Å²) in [7, 11) is 1.92. The Balaban J connectivity index is 1.85. The minimum absolute atomic E-state index is 0.151. The molecular weight excluding hydrogens is 433 g/mol. The maximum Gasteiger partial charge on any atom is 0.328 e. The second-order valence-corrected chi connectivity index (χ2v) is 8.09. The highest BCUT2D eigenvalue weighted by molar-refractivity contribution is 6.31. The number of urea groups is 1. The van der Waals surface area contributed by atoms with Crippen LogP contribution >= 0.6 is 23.2 Å². The Bertz CT molecular complexity index is 1020. The third kappa shape index (κ3) is 6.00. The third-order valence-corrected chi connectivity index (χ3v) is 5.41. The highest BCUT2D eigenvalue weighted by Crippen LogP contribution is 2.28. The van der Waals surface area contributed by atoms with Crippen molar-refractivity contribution in [3.63, 3.8) is 0 Å². The average molecular weight is 456 g/mol. The molecule has 0 heterocycles. The Morgan fingerprint density at radius 1 is 1.00 bits per heavy atom. The monoisotopic (exact) mass is 455 g/mol. The normalized spacial score (nSPS) is 11.5. The number of hydrogen-bond acceptors (Lipinski definition) is 3. The van der Waals surface area contributed by atoms with E-state index in [0.717, 1.165) is 21.7 Å². The molecule has 31 heavy (non-hydrogen) atoms. The van der Waals surface area contributed by atoms with E-state index >= 15 is 0 Å². The summed E-state index contributed by atoms with van der Waals surface area (Å²) in [6, 6.07) is 21.6. The van der Waals surface area contributed by atoms with Gasteiger partial charge in [-0.05, 0) is 60.5 Å². The first kappa shape index (κ1) is 22.7. The van der Waals surface area contributed by atoms with Crippen LogP contribution in [0.3, 0.4) is 0 Å². The molecule has 160 valence electrons. The van der Waals surface area contributed by atoms with E-state index in [2.05, 4.69) is 5.32 Å². The van der Waals surface area contributed by atoms with Crippen LogP contribution in [0.4, 0.5) is 16.2 Å². The van der Waals surface area contributed by atoms with E-state index in [1.807, 2.05) is 61.3 Å². The smallest absolute Gasteiger partial charge is 0.328 e. The van der Waals surface area contributed by atoms with Crippen LogP contribution in [0.2, 0.25) is 10.0 Å². The largest absolute Gasteiger partial charge is 0.366 e. The first-order chi connectivity index (χ1) is 14.9. The van der Waals surface area contributed by atoms with Crippen molar-refractivity contribution in [1.82, 2.24) is 4.90 Å². The van der Waals surface area contributed by atoms with Crippen molar-refractivity contribution in [2.45, 2.75) is 13.0 Å². The molecule has 0 aliphatic carbocycles. The number of likely N-dealkylation sites (N-methyl/N-ethyl adjacent to an activating group) is 1. The summed E-state index contributed by atoms with van der Waals surface area (Å²) in [5.74, 6) is 0. The molecule has 0 aliphatic rings. The predicted molar refractivity (Wildman–Crippen MR) is 127 cm³/mol. The summed E-state index contributed by atoms with van der Waals surface area (Å²) in [5, 5.41) is 3.90. The minimum Gasteiger partial charge on any atom is -0.366 e. The fourth-order valence-corrected chi connectivity index (χ4v) is 3.76. The summed E-state index contributed by atoms with van der Waals surface area (Å²) in [6.45, 7) is 2.03. The SMILES string of the molecule is Cc1cc(Cl)cc(NC(=O)N(C=O)CC(c2ccccc2)N(C)c2ccc(Cl)cc2)c1. The Morgan fingerprint density at radius 2 is 1.68 bits per heavy atom. The molecule has 1 unspecified atom stereocenters. The molecule has 0 aromatic heterocycles. The van der Waals surface area contributed by atoms with Gasteiger partial charge in [-0.25, -0.2) is 4.79 Å². The van der Waals surface area contributed by atoms with Crippen LogP contribution in [-0.2, 0) is 4.79 Å². The molecular formula is C24H23Cl2N3O2. The lowest BCUT2D eigenvalue weighted by molar-refractivity contribution is -0.115. The molecule has 0 radical (unpaired) electrons. The Labute approximate surface area is 192 Å². The van der Waals surface area contributed by atoms with Crippen molar-refractivity contribution in [3.05, 3.63) is 94.0 Å². The van der Waals surface area contributed by atoms with Crippen LogP contribution in [0.1, 0.15) is 17.2 Å². The van der Waals surface area contributed by atoms with E-state index in [0.29, 0.717) is 22.1 Å². The maximum atomic E-state index is 12.8. The van der Waals surface area contributed by atoms with Crippen molar-refractivity contribution in [2.75, 3.05) is 23.8 Å². The van der Waals surface area contributed by atoms with E-state index in [9.17, 15) is 9.59 Å². The average Bonchev–Trinajstić information content (AvgIpc) is 2.74. The van der Waals surface area contributed by atoms with Gasteiger partial charge in [-0.3, -0.25) is 9.69 Å². The second kappa shape index (κ2) is 10.3. The van der Waals surface area contributed by atoms with Crippen LogP contribution < -0.4 is 10.2 Å². The predicted octanol–water partition coefficient (Wildman–Crippen LogP) is 6.17. The molecule has 1 N–H and O–H groups in total. The zero-order valence-electron chi connectivity index (χ0n) is 17.3. The van der Waals surface area contributed by atoms with Gasteiger partial charge in [0.1, 0.15) is 0 Å². The van der Waals surface area contributed by atoms with Gasteiger partial charge in [-0.15, -0.1) is 0 Å². The molecule has 7 heteroatoms. The molecule has 0 saturated carbocycles. The lowest BCUT2D eigenvalue weighted by Crippen LogP contribution is -2.41. The summed E-state index contributed by atoms with van der Waals surface area (Å²) < 4.78 is 0. The third-order valence-electron chi connectivity index (χ3n) is 4.94. The quantitative estimate of drug-likeness (QED) is 0.433. The van der Waals surface area contributed by atoms with Crippen molar-refractivity contribution in [1.29, 1.82) is 0 Å². The number of halogens is 2. The highest BCUT2D eigenvalue weighted by Gasteiger charge is 2.24. The number of carbonyl (C=O) groups excluding carboxylic acids is 2. The summed E-state index contributed by atoms with van der Waals surface area (Å²) in [4.78, 5) is 27.8. The molecule has 0 saturated heterocycles. The Hall–Kier alpha value is -3.02. The van der Waals surface area contributed by atoms with Gasteiger partial charge in [0, 0.05) is 28.5 Å². The minimum atomic E-state index is -0.526. The molecule has 0 spiro atoms. The molecule has 3 rings (SSSR count). The van der Waals surface area contributed by atoms with E-state index < -0.39 is 6.03 Å². The van der Waals surface area contributed by atoms with Gasteiger partial charge < -0.3 is 10.2 Å². The fraction of sp³-hybridized carbons (Fsp3) is 0.167. The van der Waals surface area contributed by atoms with Crippen LogP contribution in [0.25, 0.3) is 0 Å². The standard InChI is InChI=1S/C24H23Cl2N3O2/c1-17-12-20(26)14-21(13-17)27-24(31)29(16-30)15-23(18-6-4-3-5-7-18)28(2)22-10-8-19(25)9-11-22/h3-14,16,23H,15H2,1-2H3,(H,27,31). The number of nitrogens with zero attached hydrogens (tertiary/aromatic N) is 2. The van der Waals surface area contributed by atoms with Crippen LogP contribution in [0.5, 0.6) is 0 Å². The van der Waals surface area contributed by atoms with Gasteiger partial charge in [0.15, 0.2) is 0 Å². The Morgan fingerprint density at radius 3 is 2.29 bits per heavy atom. The molecule has 3 aromatic carbocycles. The molecule has 3 aromatic rings. The van der Waals surface area contributed by atoms with Crippen molar-refractivity contribution < 1.29 is 9.59 Å². The van der Waals surface area contributed by atoms with Gasteiger partial charge in [0.25, 0.3) is 0 Å². The molecule has 0 bridgehead atoms. The summed E-state index contributed by atoms with van der Waals surface area (Å²) >= 11 is 12.1. The lowest BCUT2D eigenvalue weighted by atomic mass is 10.0. The van der Waals surface area contributed by atoms with Gasteiger partial charge >= 0.3 is 6.03 Å². The van der Waals surface area contributed by atoms with Gasteiger partial charge in [0.05, 0.1) is 12.6 Å². The van der Waals surface area contributed by atoms with Crippen molar-refractivity contribution in [3.8, 4) is 0 Å². The first-order valence-corrected chi connectivity index (χ1v) is 10.5. The number of anilines is 2. The summed E-state index contributed by atoms with van der Waals surface area (Å²) in [5.41, 5.74) is 3.32. The molecule has 0 aliphatic heterocycles. The van der Waals surface area contributed by atoms with E-state index in [4.69, 9.17) is 23.2 Å². The molecule has 0 fully saturated rings. The number of hydrogen-bond donors (Lipinski definition) is 1. The molecule has 3 amide bonds. The van der Waals surface area contributed by atoms with Crippen molar-refractivity contribution >= 4 is 47.0 Å². The van der Waals surface area contributed by atoms with Gasteiger partial charge in [-0.1, -0.05) is 53.5 Å². The number of benzene rings is 3. The fourth-order valence-electron chi connectivity index (χ4n) is 3.35. The van der Waals surface area contributed by atoms with Crippen molar-refractivity contribution in [2.24, 2.45) is 0 Å². The maximum absolute atomic E-state index is 12.8. The van der Waals surface area contributed by atoms with E-state index in [1.165, 1.54) is 0 Å². The summed E-state index contributed by atoms with van der Waals surface area (Å²) in [6.07, 6.45) is 0.540. The number of rotatable bonds is 7. The highest BCUT2D eigenvalue weighted by atomic mass is 35.5. The topological polar surface area (TPSA) is 52.7 Å². The molecule has 1 atom stereocenters. The zero-order chi connectivity index (χ0) is 22.4. The van der Waals surface area contributed by atoms with Crippen LogP contribution in [-0.4, -0.2) is 30.9 Å². The Kier molecular flexibility index (Phi) is 7.55. The molecule has 5 nitrogen and oxygen atoms in total. The number of imide groups is 1. The number of amides is 3. The van der Waals surface area contributed by atoms with Gasteiger partial charge in [0.2, 0.25) is 6.41 Å². The number of carbonyl (C=O) groups is 2. The zero-order valence-corrected chi connectivity index (χ0v) is 18.8. The van der Waals surface area contributed by atoms with Crippen LogP contribution in [0.15, 0.2) is 72.8 Å². The van der Waals surface area contributed by atoms with Crippen LogP contribution in [0, 0.1) is 6.92 Å². The second-order valence-electron chi connectivity index (χ2n) is 7.22. The van der Waals surface area contributed by atoms with E-state index in [1.54, 1.807) is 30.3 Å².